The summed E-state index contributed by atoms with van der Waals surface area (Å²) < 4.78 is 38.3. The molecule has 0 spiro atoms. The van der Waals surface area contributed by atoms with Crippen molar-refractivity contribution in [2.45, 2.75) is 31.5 Å². The Balaban J connectivity index is 1.48. The zero-order valence-corrected chi connectivity index (χ0v) is 16.5. The number of anilines is 2. The number of aliphatic hydroxyl groups excluding tert-OH is 1. The number of aryl methyl sites for hydroxylation is 1. The molecule has 7 heteroatoms. The summed E-state index contributed by atoms with van der Waals surface area (Å²) in [5, 5.41) is 15.6. The third-order valence-corrected chi connectivity index (χ3v) is 5.37. The van der Waals surface area contributed by atoms with Gasteiger partial charge in [0.25, 0.3) is 0 Å². The predicted octanol–water partition coefficient (Wildman–Crippen LogP) is 5.87. The summed E-state index contributed by atoms with van der Waals surface area (Å²) in [7, 11) is 0. The second-order valence-corrected chi connectivity index (χ2v) is 7.57. The first-order valence-corrected chi connectivity index (χ1v) is 9.94. The number of urea groups is 1. The summed E-state index contributed by atoms with van der Waals surface area (Å²) in [6.45, 7) is 0. The fraction of sp³-hybridized carbons (Fsp3) is 0.208. The fourth-order valence-electron chi connectivity index (χ4n) is 3.80. The molecule has 1 atom stereocenters. The maximum absolute atomic E-state index is 12.8. The highest BCUT2D eigenvalue weighted by Gasteiger charge is 2.30. The first-order valence-electron chi connectivity index (χ1n) is 9.94. The zero-order chi connectivity index (χ0) is 22.0. The van der Waals surface area contributed by atoms with Gasteiger partial charge in [-0.1, -0.05) is 36.4 Å². The van der Waals surface area contributed by atoms with Crippen LogP contribution in [0.4, 0.5) is 29.3 Å². The van der Waals surface area contributed by atoms with Crippen LogP contribution in [-0.4, -0.2) is 17.2 Å². The number of benzene rings is 3. The van der Waals surface area contributed by atoms with Crippen molar-refractivity contribution in [1.29, 1.82) is 0 Å². The van der Waals surface area contributed by atoms with Gasteiger partial charge >= 0.3 is 12.2 Å². The lowest BCUT2D eigenvalue weighted by Gasteiger charge is -2.23. The van der Waals surface area contributed by atoms with E-state index in [9.17, 15) is 23.1 Å². The van der Waals surface area contributed by atoms with Gasteiger partial charge in [-0.25, -0.2) is 4.79 Å². The van der Waals surface area contributed by atoms with Crippen molar-refractivity contribution < 1.29 is 23.1 Å². The van der Waals surface area contributed by atoms with Crippen LogP contribution in [0.5, 0.6) is 0 Å². The Hall–Kier alpha value is -3.32. The van der Waals surface area contributed by atoms with E-state index in [4.69, 9.17) is 0 Å². The average molecular weight is 426 g/mol. The lowest BCUT2D eigenvalue weighted by atomic mass is 9.88. The van der Waals surface area contributed by atoms with Gasteiger partial charge in [0.05, 0.1) is 11.7 Å². The standard InChI is InChI=1S/C24H21F3N2O2/c25-24(26,27)18-10-7-15(8-11-18)17-4-1-5-19(13-17)28-23(31)29-22-6-2-3-16-9-12-20(30)14-21(16)22/h1-8,10-11,13,20,30H,9,12,14H2,(H2,28,29,31). The molecule has 3 N–H and O–H groups in total. The SMILES string of the molecule is O=C(Nc1cccc(-c2ccc(C(F)(F)F)cc2)c1)Nc1cccc2c1CC(O)CC2. The number of hydrogen-bond acceptors (Lipinski definition) is 2. The van der Waals surface area contributed by atoms with E-state index in [1.165, 1.54) is 12.1 Å². The Labute approximate surface area is 177 Å². The Morgan fingerprint density at radius 2 is 1.68 bits per heavy atom. The van der Waals surface area contributed by atoms with Crippen molar-refractivity contribution in [3.63, 3.8) is 0 Å². The molecule has 31 heavy (non-hydrogen) atoms. The number of carbonyl (C=O) groups excluding carboxylic acids is 1. The van der Waals surface area contributed by atoms with Crippen LogP contribution in [0, 0.1) is 0 Å². The summed E-state index contributed by atoms with van der Waals surface area (Å²) in [6.07, 6.45) is -2.83. The van der Waals surface area contributed by atoms with E-state index in [-0.39, 0.29) is 0 Å². The number of carbonyl (C=O) groups is 1. The molecule has 1 aliphatic rings. The van der Waals surface area contributed by atoms with Crippen molar-refractivity contribution in [2.75, 3.05) is 10.6 Å². The maximum atomic E-state index is 12.8. The second-order valence-electron chi connectivity index (χ2n) is 7.57. The molecule has 1 aliphatic carbocycles. The third kappa shape index (κ3) is 4.88. The number of alkyl halides is 3. The Bertz CT molecular complexity index is 1090. The third-order valence-electron chi connectivity index (χ3n) is 5.37. The normalized spacial score (nSPS) is 15.8. The van der Waals surface area contributed by atoms with E-state index < -0.39 is 23.9 Å². The number of hydrogen-bond donors (Lipinski definition) is 3. The molecule has 0 saturated carbocycles. The van der Waals surface area contributed by atoms with Crippen molar-refractivity contribution in [3.8, 4) is 11.1 Å². The van der Waals surface area contributed by atoms with Crippen LogP contribution >= 0.6 is 0 Å². The van der Waals surface area contributed by atoms with Gasteiger partial charge in [0.1, 0.15) is 0 Å². The van der Waals surface area contributed by atoms with Crippen LogP contribution in [0.3, 0.4) is 0 Å². The molecule has 3 aromatic rings. The molecule has 3 aromatic carbocycles. The first-order chi connectivity index (χ1) is 14.8. The summed E-state index contributed by atoms with van der Waals surface area (Å²) in [5.41, 5.74) is 3.82. The van der Waals surface area contributed by atoms with E-state index in [1.807, 2.05) is 12.1 Å². The van der Waals surface area contributed by atoms with Crippen LogP contribution in [-0.2, 0) is 19.0 Å². The molecule has 4 nitrogen and oxygen atoms in total. The van der Waals surface area contributed by atoms with Crippen LogP contribution < -0.4 is 10.6 Å². The molecule has 2 amide bonds. The Kier molecular flexibility index (Phi) is 5.69. The minimum Gasteiger partial charge on any atom is -0.393 e. The van der Waals surface area contributed by atoms with E-state index in [0.29, 0.717) is 35.3 Å². The number of nitrogens with one attached hydrogen (secondary N) is 2. The smallest absolute Gasteiger partial charge is 0.393 e. The quantitative estimate of drug-likeness (QED) is 0.491. The topological polar surface area (TPSA) is 61.4 Å². The number of halogens is 3. The molecule has 0 bridgehead atoms. The lowest BCUT2D eigenvalue weighted by molar-refractivity contribution is -0.137. The van der Waals surface area contributed by atoms with Gasteiger partial charge in [-0.05, 0) is 65.4 Å². The monoisotopic (exact) mass is 426 g/mol. The van der Waals surface area contributed by atoms with Crippen molar-refractivity contribution in [3.05, 3.63) is 83.4 Å². The predicted molar refractivity (Wildman–Crippen MR) is 114 cm³/mol. The average Bonchev–Trinajstić information content (AvgIpc) is 2.74. The van der Waals surface area contributed by atoms with Gasteiger partial charge in [-0.2, -0.15) is 13.2 Å². The highest BCUT2D eigenvalue weighted by Crippen LogP contribution is 2.32. The minimum absolute atomic E-state index is 0.418. The van der Waals surface area contributed by atoms with E-state index in [1.54, 1.807) is 30.3 Å². The lowest BCUT2D eigenvalue weighted by Crippen LogP contribution is -2.24. The van der Waals surface area contributed by atoms with E-state index in [2.05, 4.69) is 10.6 Å². The highest BCUT2D eigenvalue weighted by molar-refractivity contribution is 6.00. The van der Waals surface area contributed by atoms with Crippen molar-refractivity contribution >= 4 is 17.4 Å². The minimum atomic E-state index is -4.38. The molecule has 4 rings (SSSR count). The molecule has 160 valence electrons. The number of fused-ring (bicyclic) bond motifs is 1. The van der Waals surface area contributed by atoms with Crippen molar-refractivity contribution in [2.24, 2.45) is 0 Å². The van der Waals surface area contributed by atoms with Gasteiger partial charge in [0.15, 0.2) is 0 Å². The number of amides is 2. The number of aliphatic hydroxyl groups is 1. The molecule has 0 aliphatic heterocycles. The Morgan fingerprint density at radius 1 is 0.935 bits per heavy atom. The zero-order valence-electron chi connectivity index (χ0n) is 16.5. The Morgan fingerprint density at radius 3 is 2.42 bits per heavy atom. The molecule has 0 fully saturated rings. The highest BCUT2D eigenvalue weighted by atomic mass is 19.4. The van der Waals surface area contributed by atoms with Gasteiger partial charge in [0, 0.05) is 17.8 Å². The van der Waals surface area contributed by atoms with Gasteiger partial charge in [0.2, 0.25) is 0 Å². The molecule has 0 radical (unpaired) electrons. The number of rotatable bonds is 3. The van der Waals surface area contributed by atoms with Crippen LogP contribution in [0.2, 0.25) is 0 Å². The molecular formula is C24H21F3N2O2. The largest absolute Gasteiger partial charge is 0.416 e. The van der Waals surface area contributed by atoms with E-state index >= 15 is 0 Å². The van der Waals surface area contributed by atoms with Gasteiger partial charge in [-0.15, -0.1) is 0 Å². The molecule has 0 aromatic heterocycles. The molecular weight excluding hydrogens is 405 g/mol. The molecule has 0 saturated heterocycles. The van der Waals surface area contributed by atoms with Crippen molar-refractivity contribution in [1.82, 2.24) is 0 Å². The summed E-state index contributed by atoms with van der Waals surface area (Å²) >= 11 is 0. The van der Waals surface area contributed by atoms with Gasteiger partial charge < -0.3 is 15.7 Å². The summed E-state index contributed by atoms with van der Waals surface area (Å²) in [4.78, 5) is 12.5. The van der Waals surface area contributed by atoms with Gasteiger partial charge in [-0.3, -0.25) is 0 Å². The fourth-order valence-corrected chi connectivity index (χ4v) is 3.80. The summed E-state index contributed by atoms with van der Waals surface area (Å²) in [6, 6.07) is 17.0. The second kappa shape index (κ2) is 8.43. The molecule has 1 unspecified atom stereocenters. The first kappa shape index (κ1) is 20.9. The van der Waals surface area contributed by atoms with Crippen LogP contribution in [0.15, 0.2) is 66.7 Å². The van der Waals surface area contributed by atoms with Crippen LogP contribution in [0.25, 0.3) is 11.1 Å². The van der Waals surface area contributed by atoms with E-state index in [0.717, 1.165) is 29.7 Å². The molecule has 0 heterocycles. The van der Waals surface area contributed by atoms with Crippen LogP contribution in [0.1, 0.15) is 23.1 Å². The maximum Gasteiger partial charge on any atom is 0.416 e. The summed E-state index contributed by atoms with van der Waals surface area (Å²) in [5.74, 6) is 0.